The first kappa shape index (κ1) is 12.1. The van der Waals surface area contributed by atoms with Crippen molar-refractivity contribution in [1.82, 2.24) is 10.2 Å². The topological polar surface area (TPSA) is 66.5 Å². The van der Waals surface area contributed by atoms with Crippen LogP contribution in [0.4, 0.5) is 0 Å². The van der Waals surface area contributed by atoms with E-state index in [1.807, 2.05) is 27.7 Å². The van der Waals surface area contributed by atoms with Crippen molar-refractivity contribution in [2.45, 2.75) is 27.7 Å². The molecule has 3 amide bonds. The highest BCUT2D eigenvalue weighted by Gasteiger charge is 2.69. The molecule has 1 heterocycles. The second-order valence-electron chi connectivity index (χ2n) is 6.04. The first-order valence-electron chi connectivity index (χ1n) is 5.79. The van der Waals surface area contributed by atoms with Gasteiger partial charge in [-0.2, -0.15) is 0 Å². The van der Waals surface area contributed by atoms with E-state index in [0.29, 0.717) is 0 Å². The minimum absolute atomic E-state index is 0.00671. The molecule has 1 saturated carbocycles. The van der Waals surface area contributed by atoms with Gasteiger partial charge in [0.05, 0.1) is 0 Å². The van der Waals surface area contributed by atoms with Crippen LogP contribution in [0.25, 0.3) is 0 Å². The highest BCUT2D eigenvalue weighted by Crippen LogP contribution is 2.68. The Morgan fingerprint density at radius 2 is 1.53 bits per heavy atom. The molecule has 1 aliphatic heterocycles. The summed E-state index contributed by atoms with van der Waals surface area (Å²) >= 11 is 0. The Labute approximate surface area is 101 Å². The minimum Gasteiger partial charge on any atom is -0.324 e. The van der Waals surface area contributed by atoms with E-state index >= 15 is 0 Å². The van der Waals surface area contributed by atoms with E-state index in [-0.39, 0.29) is 35.7 Å². The van der Waals surface area contributed by atoms with Crippen LogP contribution in [0.3, 0.4) is 0 Å². The van der Waals surface area contributed by atoms with Gasteiger partial charge < -0.3 is 4.90 Å². The van der Waals surface area contributed by atoms with E-state index in [1.54, 1.807) is 0 Å². The molecule has 2 aliphatic rings. The number of hydrogen-bond acceptors (Lipinski definition) is 3. The molecule has 0 atom stereocenters. The number of carbonyl (C=O) groups excluding carboxylic acids is 3. The van der Waals surface area contributed by atoms with Gasteiger partial charge >= 0.3 is 0 Å². The third-order valence-electron chi connectivity index (χ3n) is 4.53. The third-order valence-corrected chi connectivity index (χ3v) is 4.53. The predicted octanol–water partition coefficient (Wildman–Crippen LogP) is 0.154. The number of carbonyl (C=O) groups is 3. The Kier molecular flexibility index (Phi) is 2.35. The van der Waals surface area contributed by atoms with Crippen LogP contribution >= 0.6 is 0 Å². The number of hydrogen-bond donors (Lipinski definition) is 1. The SMILES string of the molecule is CC1(C)C(C(=O)N2CC(=O)NC(=O)C2)C1(C)C. The highest BCUT2D eigenvalue weighted by molar-refractivity contribution is 6.03. The standard InChI is InChI=1S/C12H18N2O3/c1-11(2)9(12(11,3)4)10(17)14-5-7(15)13-8(16)6-14/h9H,5-6H2,1-4H3,(H,13,15,16). The van der Waals surface area contributed by atoms with Crippen molar-refractivity contribution in [3.8, 4) is 0 Å². The van der Waals surface area contributed by atoms with Gasteiger partial charge in [-0.15, -0.1) is 0 Å². The van der Waals surface area contributed by atoms with Gasteiger partial charge in [0.25, 0.3) is 0 Å². The fraction of sp³-hybridized carbons (Fsp3) is 0.750. The van der Waals surface area contributed by atoms with Gasteiger partial charge in [-0.05, 0) is 10.8 Å². The molecule has 2 fully saturated rings. The Hall–Kier alpha value is -1.39. The zero-order valence-corrected chi connectivity index (χ0v) is 10.7. The van der Waals surface area contributed by atoms with Crippen LogP contribution in [-0.2, 0) is 14.4 Å². The Morgan fingerprint density at radius 1 is 1.12 bits per heavy atom. The molecule has 0 aromatic rings. The van der Waals surface area contributed by atoms with Crippen molar-refractivity contribution in [3.05, 3.63) is 0 Å². The zero-order chi connectivity index (χ0) is 13.0. The van der Waals surface area contributed by atoms with E-state index in [0.717, 1.165) is 0 Å². The van der Waals surface area contributed by atoms with E-state index in [9.17, 15) is 14.4 Å². The lowest BCUT2D eigenvalue weighted by atomic mass is 10.0. The first-order valence-corrected chi connectivity index (χ1v) is 5.79. The molecule has 0 unspecified atom stereocenters. The van der Waals surface area contributed by atoms with Crippen molar-refractivity contribution in [2.24, 2.45) is 16.7 Å². The molecule has 0 aromatic heterocycles. The van der Waals surface area contributed by atoms with Crippen LogP contribution in [0.2, 0.25) is 0 Å². The van der Waals surface area contributed by atoms with Gasteiger partial charge in [0.2, 0.25) is 17.7 Å². The zero-order valence-electron chi connectivity index (χ0n) is 10.7. The number of nitrogens with zero attached hydrogens (tertiary/aromatic N) is 1. The molecule has 0 radical (unpaired) electrons. The molecule has 5 heteroatoms. The van der Waals surface area contributed by atoms with E-state index in [2.05, 4.69) is 5.32 Å². The molecular formula is C12H18N2O3. The average molecular weight is 238 g/mol. The second kappa shape index (κ2) is 3.31. The van der Waals surface area contributed by atoms with Crippen LogP contribution in [-0.4, -0.2) is 35.7 Å². The predicted molar refractivity (Wildman–Crippen MR) is 60.8 cm³/mol. The van der Waals surface area contributed by atoms with Crippen molar-refractivity contribution < 1.29 is 14.4 Å². The maximum absolute atomic E-state index is 12.3. The summed E-state index contributed by atoms with van der Waals surface area (Å²) in [5, 5.41) is 2.19. The van der Waals surface area contributed by atoms with Crippen molar-refractivity contribution in [2.75, 3.05) is 13.1 Å². The van der Waals surface area contributed by atoms with Crippen LogP contribution in [0.15, 0.2) is 0 Å². The van der Waals surface area contributed by atoms with Gasteiger partial charge in [-0.1, -0.05) is 27.7 Å². The van der Waals surface area contributed by atoms with E-state index in [1.165, 1.54) is 4.90 Å². The number of nitrogens with one attached hydrogen (secondary N) is 1. The molecule has 17 heavy (non-hydrogen) atoms. The summed E-state index contributed by atoms with van der Waals surface area (Å²) in [7, 11) is 0. The van der Waals surface area contributed by atoms with Crippen LogP contribution < -0.4 is 5.32 Å². The summed E-state index contributed by atoms with van der Waals surface area (Å²) in [6, 6.07) is 0. The number of rotatable bonds is 1. The Morgan fingerprint density at radius 3 is 1.88 bits per heavy atom. The van der Waals surface area contributed by atoms with Crippen LogP contribution in [0.1, 0.15) is 27.7 Å². The lowest BCUT2D eigenvalue weighted by Crippen LogP contribution is -2.54. The minimum atomic E-state index is -0.397. The first-order chi connectivity index (χ1) is 7.68. The molecular weight excluding hydrogens is 220 g/mol. The molecule has 0 spiro atoms. The van der Waals surface area contributed by atoms with Gasteiger partial charge in [0, 0.05) is 5.92 Å². The van der Waals surface area contributed by atoms with Crippen LogP contribution in [0, 0.1) is 16.7 Å². The summed E-state index contributed by atoms with van der Waals surface area (Å²) in [4.78, 5) is 36.1. The molecule has 5 nitrogen and oxygen atoms in total. The quantitative estimate of drug-likeness (QED) is 0.661. The van der Waals surface area contributed by atoms with E-state index < -0.39 is 11.8 Å². The number of imide groups is 1. The lowest BCUT2D eigenvalue weighted by molar-refractivity contribution is -0.146. The fourth-order valence-corrected chi connectivity index (χ4v) is 2.79. The Balaban J connectivity index is 2.12. The van der Waals surface area contributed by atoms with E-state index in [4.69, 9.17) is 0 Å². The number of piperazine rings is 1. The fourth-order valence-electron chi connectivity index (χ4n) is 2.79. The molecule has 2 rings (SSSR count). The summed E-state index contributed by atoms with van der Waals surface area (Å²) in [5.41, 5.74) is -0.137. The van der Waals surface area contributed by atoms with Crippen molar-refractivity contribution >= 4 is 17.7 Å². The molecule has 0 aromatic carbocycles. The smallest absolute Gasteiger partial charge is 0.246 e. The van der Waals surface area contributed by atoms with Gasteiger partial charge in [-0.3, -0.25) is 19.7 Å². The molecule has 1 aliphatic carbocycles. The summed E-state index contributed by atoms with van der Waals surface area (Å²) in [6.45, 7) is 8.16. The summed E-state index contributed by atoms with van der Waals surface area (Å²) < 4.78 is 0. The monoisotopic (exact) mass is 238 g/mol. The largest absolute Gasteiger partial charge is 0.324 e. The third kappa shape index (κ3) is 1.64. The van der Waals surface area contributed by atoms with Gasteiger partial charge in [0.1, 0.15) is 13.1 Å². The summed E-state index contributed by atoms with van der Waals surface area (Å²) in [5.74, 6) is -0.978. The maximum atomic E-state index is 12.3. The highest BCUT2D eigenvalue weighted by atomic mass is 16.2. The van der Waals surface area contributed by atoms with Crippen LogP contribution in [0.5, 0.6) is 0 Å². The molecule has 1 saturated heterocycles. The molecule has 0 bridgehead atoms. The molecule has 1 N–H and O–H groups in total. The maximum Gasteiger partial charge on any atom is 0.246 e. The van der Waals surface area contributed by atoms with Gasteiger partial charge in [-0.25, -0.2) is 0 Å². The van der Waals surface area contributed by atoms with Gasteiger partial charge in [0.15, 0.2) is 0 Å². The lowest BCUT2D eigenvalue weighted by Gasteiger charge is -2.26. The normalized spacial score (nSPS) is 26.7. The Bertz CT molecular complexity index is 382. The van der Waals surface area contributed by atoms with Crippen molar-refractivity contribution in [3.63, 3.8) is 0 Å². The van der Waals surface area contributed by atoms with Crippen molar-refractivity contribution in [1.29, 1.82) is 0 Å². The number of amides is 3. The molecule has 94 valence electrons. The average Bonchev–Trinajstić information content (AvgIpc) is 2.54. The second-order valence-corrected chi connectivity index (χ2v) is 6.04. The summed E-state index contributed by atoms with van der Waals surface area (Å²) in [6.07, 6.45) is 0.